The molecular weight excluding hydrogens is 239 g/mol. The number of fused-ring (bicyclic) bond motifs is 3. The number of phenols is 1. The van der Waals surface area contributed by atoms with Gasteiger partial charge < -0.3 is 5.11 Å². The zero-order valence-electron chi connectivity index (χ0n) is 10.8. The number of benzene rings is 2. The average Bonchev–Trinajstić information content (AvgIpc) is 2.41. The van der Waals surface area contributed by atoms with E-state index in [1.807, 2.05) is 19.1 Å². The van der Waals surface area contributed by atoms with Gasteiger partial charge in [-0.1, -0.05) is 18.2 Å². The van der Waals surface area contributed by atoms with Crippen LogP contribution in [-0.4, -0.2) is 5.11 Å². The Bertz CT molecular complexity index is 673. The van der Waals surface area contributed by atoms with Gasteiger partial charge in [0.05, 0.1) is 0 Å². The van der Waals surface area contributed by atoms with E-state index >= 15 is 0 Å². The zero-order chi connectivity index (χ0) is 13.6. The van der Waals surface area contributed by atoms with Crippen LogP contribution in [0.15, 0.2) is 43.0 Å². The highest BCUT2D eigenvalue weighted by molar-refractivity contribution is 5.79. The largest absolute Gasteiger partial charge is 0.508 e. The van der Waals surface area contributed by atoms with Crippen LogP contribution in [0.5, 0.6) is 5.75 Å². The molecular formula is C17H15FO. The van der Waals surface area contributed by atoms with Crippen LogP contribution < -0.4 is 0 Å². The fraction of sp³-hybridized carbons (Fsp3) is 0.176. The predicted octanol–water partition coefficient (Wildman–Crippen LogP) is 4.33. The summed E-state index contributed by atoms with van der Waals surface area (Å²) in [7, 11) is 0. The number of hydrogen-bond donors (Lipinski definition) is 1. The minimum absolute atomic E-state index is 0.0317. The summed E-state index contributed by atoms with van der Waals surface area (Å²) in [4.78, 5) is 0. The lowest BCUT2D eigenvalue weighted by atomic mass is 9.76. The number of rotatable bonds is 1. The zero-order valence-corrected chi connectivity index (χ0v) is 10.8. The molecule has 0 aromatic heterocycles. The lowest BCUT2D eigenvalue weighted by Gasteiger charge is -2.28. The van der Waals surface area contributed by atoms with Gasteiger partial charge in [-0.15, -0.1) is 6.58 Å². The van der Waals surface area contributed by atoms with E-state index in [0.717, 1.165) is 27.8 Å². The second-order valence-electron chi connectivity index (χ2n) is 5.04. The fourth-order valence-electron chi connectivity index (χ4n) is 2.97. The number of aryl methyl sites for hydroxylation is 1. The van der Waals surface area contributed by atoms with Crippen LogP contribution in [-0.2, 0) is 6.42 Å². The molecule has 1 aliphatic carbocycles. The van der Waals surface area contributed by atoms with E-state index in [1.54, 1.807) is 18.2 Å². The summed E-state index contributed by atoms with van der Waals surface area (Å²) in [5.74, 6) is 0.104. The smallest absolute Gasteiger partial charge is 0.123 e. The van der Waals surface area contributed by atoms with Gasteiger partial charge in [0.15, 0.2) is 0 Å². The summed E-state index contributed by atoms with van der Waals surface area (Å²) in [6, 6.07) is 8.47. The van der Waals surface area contributed by atoms with Gasteiger partial charge in [-0.3, -0.25) is 0 Å². The van der Waals surface area contributed by atoms with Crippen LogP contribution in [0.1, 0.15) is 22.6 Å². The van der Waals surface area contributed by atoms with Crippen LogP contribution in [0.3, 0.4) is 0 Å². The second kappa shape index (κ2) is 4.23. The third kappa shape index (κ3) is 1.75. The predicted molar refractivity (Wildman–Crippen MR) is 74.9 cm³/mol. The van der Waals surface area contributed by atoms with Crippen LogP contribution in [0.4, 0.5) is 4.39 Å². The Hall–Kier alpha value is -2.09. The van der Waals surface area contributed by atoms with Gasteiger partial charge in [0, 0.05) is 11.5 Å². The van der Waals surface area contributed by atoms with Crippen molar-refractivity contribution in [1.29, 1.82) is 0 Å². The van der Waals surface area contributed by atoms with Gasteiger partial charge in [0.25, 0.3) is 0 Å². The summed E-state index contributed by atoms with van der Waals surface area (Å²) < 4.78 is 13.4. The molecule has 0 spiro atoms. The van der Waals surface area contributed by atoms with Crippen molar-refractivity contribution in [3.63, 3.8) is 0 Å². The van der Waals surface area contributed by atoms with E-state index in [2.05, 4.69) is 6.58 Å². The molecule has 0 bridgehead atoms. The molecule has 0 heterocycles. The van der Waals surface area contributed by atoms with E-state index in [9.17, 15) is 9.50 Å². The molecule has 2 aromatic rings. The van der Waals surface area contributed by atoms with Gasteiger partial charge in [0.1, 0.15) is 11.6 Å². The van der Waals surface area contributed by atoms with Crippen molar-refractivity contribution in [2.75, 3.05) is 0 Å². The summed E-state index contributed by atoms with van der Waals surface area (Å²) in [6.07, 6.45) is 2.51. The molecule has 96 valence electrons. The van der Waals surface area contributed by atoms with Gasteiger partial charge in [-0.25, -0.2) is 4.39 Å². The molecule has 0 aliphatic heterocycles. The van der Waals surface area contributed by atoms with Crippen LogP contribution in [0, 0.1) is 12.7 Å². The van der Waals surface area contributed by atoms with Crippen LogP contribution >= 0.6 is 0 Å². The topological polar surface area (TPSA) is 20.2 Å². The molecule has 1 N–H and O–H groups in total. The number of hydrogen-bond acceptors (Lipinski definition) is 1. The first-order chi connectivity index (χ1) is 9.11. The van der Waals surface area contributed by atoms with Crippen molar-refractivity contribution in [3.8, 4) is 16.9 Å². The number of phenolic OH excluding ortho intramolecular Hbond substituents is 1. The Balaban J connectivity index is 2.37. The highest BCUT2D eigenvalue weighted by Crippen LogP contribution is 2.45. The van der Waals surface area contributed by atoms with Crippen molar-refractivity contribution < 1.29 is 9.50 Å². The normalized spacial score (nSPS) is 16.6. The summed E-state index contributed by atoms with van der Waals surface area (Å²) in [5, 5.41) is 10.1. The summed E-state index contributed by atoms with van der Waals surface area (Å²) >= 11 is 0. The third-order valence-corrected chi connectivity index (χ3v) is 3.86. The average molecular weight is 254 g/mol. The maximum atomic E-state index is 13.4. The molecule has 1 aliphatic rings. The standard InChI is InChI=1S/C17H15FO/c1-3-11-8-12-9-13(18)5-6-14(12)16-10(2)4-7-15(19)17(11)16/h3-7,9,11,19H,1,8H2,2H3/t11-/m1/s1. The third-order valence-electron chi connectivity index (χ3n) is 3.86. The Morgan fingerprint density at radius 1 is 1.32 bits per heavy atom. The van der Waals surface area contributed by atoms with Gasteiger partial charge in [-0.2, -0.15) is 0 Å². The van der Waals surface area contributed by atoms with Crippen molar-refractivity contribution in [3.05, 3.63) is 65.5 Å². The second-order valence-corrected chi connectivity index (χ2v) is 5.04. The SMILES string of the molecule is C=C[C@@H]1Cc2cc(F)ccc2-c2c(C)ccc(O)c21. The number of aromatic hydroxyl groups is 1. The van der Waals surface area contributed by atoms with Crippen molar-refractivity contribution in [1.82, 2.24) is 0 Å². The van der Waals surface area contributed by atoms with Gasteiger partial charge >= 0.3 is 0 Å². The lowest BCUT2D eigenvalue weighted by molar-refractivity contribution is 0.464. The molecule has 3 rings (SSSR count). The van der Waals surface area contributed by atoms with Crippen molar-refractivity contribution in [2.24, 2.45) is 0 Å². The monoisotopic (exact) mass is 254 g/mol. The molecule has 0 saturated heterocycles. The maximum absolute atomic E-state index is 13.4. The number of allylic oxidation sites excluding steroid dienone is 1. The Kier molecular flexibility index (Phi) is 2.67. The first-order valence-corrected chi connectivity index (χ1v) is 6.35. The highest BCUT2D eigenvalue weighted by atomic mass is 19.1. The van der Waals surface area contributed by atoms with E-state index in [1.165, 1.54) is 6.07 Å². The van der Waals surface area contributed by atoms with Crippen LogP contribution in [0.2, 0.25) is 0 Å². The van der Waals surface area contributed by atoms with Gasteiger partial charge in [-0.05, 0) is 53.8 Å². The molecule has 1 nitrogen and oxygen atoms in total. The van der Waals surface area contributed by atoms with Crippen molar-refractivity contribution >= 4 is 0 Å². The quantitative estimate of drug-likeness (QED) is 0.751. The Morgan fingerprint density at radius 3 is 2.84 bits per heavy atom. The van der Waals surface area contributed by atoms with Crippen LogP contribution in [0.25, 0.3) is 11.1 Å². The molecule has 1 atom stereocenters. The summed E-state index contributed by atoms with van der Waals surface area (Å²) in [5.41, 5.74) is 5.02. The Morgan fingerprint density at radius 2 is 2.11 bits per heavy atom. The fourth-order valence-corrected chi connectivity index (χ4v) is 2.97. The lowest BCUT2D eigenvalue weighted by Crippen LogP contribution is -2.11. The molecule has 0 amide bonds. The Labute approximate surface area is 112 Å². The molecule has 2 aromatic carbocycles. The number of halogens is 1. The van der Waals surface area contributed by atoms with Gasteiger partial charge in [0.2, 0.25) is 0 Å². The van der Waals surface area contributed by atoms with E-state index in [0.29, 0.717) is 12.2 Å². The first-order valence-electron chi connectivity index (χ1n) is 6.35. The van der Waals surface area contributed by atoms with E-state index in [4.69, 9.17) is 0 Å². The molecule has 0 fully saturated rings. The minimum atomic E-state index is -0.220. The molecule has 2 heteroatoms. The summed E-state index contributed by atoms with van der Waals surface area (Å²) in [6.45, 7) is 5.86. The van der Waals surface area contributed by atoms with E-state index in [-0.39, 0.29) is 11.7 Å². The minimum Gasteiger partial charge on any atom is -0.508 e. The molecule has 19 heavy (non-hydrogen) atoms. The van der Waals surface area contributed by atoms with Crippen molar-refractivity contribution in [2.45, 2.75) is 19.3 Å². The molecule has 0 unspecified atom stereocenters. The first kappa shape index (κ1) is 12.0. The van der Waals surface area contributed by atoms with E-state index < -0.39 is 0 Å². The highest BCUT2D eigenvalue weighted by Gasteiger charge is 2.27. The maximum Gasteiger partial charge on any atom is 0.123 e. The molecule has 0 saturated carbocycles. The molecule has 0 radical (unpaired) electrons.